The maximum Gasteiger partial charge on any atom is 0.170 e. The third-order valence-corrected chi connectivity index (χ3v) is 3.52. The van der Waals surface area contributed by atoms with E-state index in [1.165, 1.54) is 7.11 Å². The van der Waals surface area contributed by atoms with E-state index in [9.17, 15) is 4.39 Å². The lowest BCUT2D eigenvalue weighted by Crippen LogP contribution is -2.23. The molecular formula is C16H22FN3O. The second kappa shape index (κ2) is 6.72. The average molecular weight is 291 g/mol. The van der Waals surface area contributed by atoms with E-state index in [1.54, 1.807) is 16.8 Å². The smallest absolute Gasteiger partial charge is 0.170 e. The summed E-state index contributed by atoms with van der Waals surface area (Å²) < 4.78 is 21.4. The molecule has 1 unspecified atom stereocenters. The Morgan fingerprint density at radius 3 is 2.71 bits per heavy atom. The van der Waals surface area contributed by atoms with E-state index in [0.29, 0.717) is 5.56 Å². The van der Waals surface area contributed by atoms with E-state index in [0.717, 1.165) is 24.2 Å². The SMILES string of the molecule is CCNC(c1cn(C)nc1CC)c1cccc(OC)c1F. The largest absolute Gasteiger partial charge is 0.494 e. The number of aryl methyl sites for hydroxylation is 2. The monoisotopic (exact) mass is 291 g/mol. The summed E-state index contributed by atoms with van der Waals surface area (Å²) in [4.78, 5) is 0. The molecular weight excluding hydrogens is 269 g/mol. The quantitative estimate of drug-likeness (QED) is 0.889. The number of hydrogen-bond donors (Lipinski definition) is 1. The van der Waals surface area contributed by atoms with Crippen LogP contribution in [0.5, 0.6) is 5.75 Å². The molecule has 0 fully saturated rings. The summed E-state index contributed by atoms with van der Waals surface area (Å²) in [5, 5.41) is 7.80. The van der Waals surface area contributed by atoms with Gasteiger partial charge >= 0.3 is 0 Å². The number of aromatic nitrogens is 2. The van der Waals surface area contributed by atoms with Gasteiger partial charge in [0.1, 0.15) is 0 Å². The lowest BCUT2D eigenvalue weighted by molar-refractivity contribution is 0.381. The third kappa shape index (κ3) is 3.08. The van der Waals surface area contributed by atoms with Crippen LogP contribution in [0.1, 0.15) is 36.7 Å². The first-order valence-electron chi connectivity index (χ1n) is 7.20. The first-order valence-corrected chi connectivity index (χ1v) is 7.20. The van der Waals surface area contributed by atoms with E-state index < -0.39 is 0 Å². The van der Waals surface area contributed by atoms with Crippen LogP contribution in [-0.2, 0) is 13.5 Å². The van der Waals surface area contributed by atoms with Crippen molar-refractivity contribution in [3.63, 3.8) is 0 Å². The summed E-state index contributed by atoms with van der Waals surface area (Å²) in [6, 6.07) is 5.00. The van der Waals surface area contributed by atoms with Crippen molar-refractivity contribution >= 4 is 0 Å². The Bertz CT molecular complexity index is 610. The first kappa shape index (κ1) is 15.5. The van der Waals surface area contributed by atoms with Crippen LogP contribution < -0.4 is 10.1 Å². The molecule has 1 aromatic heterocycles. The molecule has 1 N–H and O–H groups in total. The van der Waals surface area contributed by atoms with Crippen molar-refractivity contribution in [2.45, 2.75) is 26.3 Å². The predicted octanol–water partition coefficient (Wildman–Crippen LogP) is 2.83. The number of methoxy groups -OCH3 is 1. The molecule has 1 aromatic carbocycles. The fraction of sp³-hybridized carbons (Fsp3) is 0.438. The van der Waals surface area contributed by atoms with E-state index in [1.807, 2.05) is 26.2 Å². The van der Waals surface area contributed by atoms with E-state index in [2.05, 4.69) is 17.3 Å². The standard InChI is InChI=1S/C16H22FN3O/c1-5-13-12(10-20(3)19-13)16(18-6-2)11-8-7-9-14(21-4)15(11)17/h7-10,16,18H,5-6H2,1-4H3. The van der Waals surface area contributed by atoms with Crippen LogP contribution >= 0.6 is 0 Å². The van der Waals surface area contributed by atoms with Crippen molar-refractivity contribution in [1.29, 1.82) is 0 Å². The molecule has 0 radical (unpaired) electrons. The summed E-state index contributed by atoms with van der Waals surface area (Å²) in [7, 11) is 3.36. The third-order valence-electron chi connectivity index (χ3n) is 3.52. The second-order valence-corrected chi connectivity index (χ2v) is 4.91. The molecule has 4 nitrogen and oxygen atoms in total. The van der Waals surface area contributed by atoms with Gasteiger partial charge in [-0.15, -0.1) is 0 Å². The van der Waals surface area contributed by atoms with Gasteiger partial charge in [0, 0.05) is 24.4 Å². The zero-order valence-corrected chi connectivity index (χ0v) is 13.0. The van der Waals surface area contributed by atoms with Gasteiger partial charge < -0.3 is 10.1 Å². The predicted molar refractivity (Wildman–Crippen MR) is 81.1 cm³/mol. The first-order chi connectivity index (χ1) is 10.1. The molecule has 1 atom stereocenters. The lowest BCUT2D eigenvalue weighted by atomic mass is 9.97. The van der Waals surface area contributed by atoms with Gasteiger partial charge in [-0.05, 0) is 19.0 Å². The number of rotatable bonds is 6. The minimum absolute atomic E-state index is 0.228. The molecule has 114 valence electrons. The minimum Gasteiger partial charge on any atom is -0.494 e. The fourth-order valence-electron chi connectivity index (χ4n) is 2.57. The molecule has 2 rings (SSSR count). The fourth-order valence-corrected chi connectivity index (χ4v) is 2.57. The van der Waals surface area contributed by atoms with Crippen LogP contribution in [-0.4, -0.2) is 23.4 Å². The minimum atomic E-state index is -0.322. The molecule has 0 bridgehead atoms. The van der Waals surface area contributed by atoms with Gasteiger partial charge in [-0.1, -0.05) is 26.0 Å². The zero-order chi connectivity index (χ0) is 15.4. The molecule has 0 spiro atoms. The van der Waals surface area contributed by atoms with Crippen LogP contribution in [0.3, 0.4) is 0 Å². The van der Waals surface area contributed by atoms with Crippen molar-refractivity contribution in [1.82, 2.24) is 15.1 Å². The van der Waals surface area contributed by atoms with Crippen molar-refractivity contribution in [2.75, 3.05) is 13.7 Å². The number of nitrogens with one attached hydrogen (secondary N) is 1. The highest BCUT2D eigenvalue weighted by atomic mass is 19.1. The van der Waals surface area contributed by atoms with Gasteiger partial charge in [-0.2, -0.15) is 5.10 Å². The lowest BCUT2D eigenvalue weighted by Gasteiger charge is -2.20. The van der Waals surface area contributed by atoms with Crippen LogP contribution in [0.2, 0.25) is 0 Å². The number of nitrogens with zero attached hydrogens (tertiary/aromatic N) is 2. The molecule has 5 heteroatoms. The van der Waals surface area contributed by atoms with Gasteiger partial charge in [0.2, 0.25) is 0 Å². The number of benzene rings is 1. The molecule has 0 amide bonds. The molecule has 21 heavy (non-hydrogen) atoms. The molecule has 2 aromatic rings. The Balaban J connectivity index is 2.53. The number of ether oxygens (including phenoxy) is 1. The molecule has 0 aliphatic rings. The van der Waals surface area contributed by atoms with Crippen molar-refractivity contribution in [2.24, 2.45) is 7.05 Å². The van der Waals surface area contributed by atoms with Crippen molar-refractivity contribution in [3.05, 3.63) is 47.0 Å². The van der Waals surface area contributed by atoms with Gasteiger partial charge in [0.05, 0.1) is 18.8 Å². The van der Waals surface area contributed by atoms with E-state index >= 15 is 0 Å². The topological polar surface area (TPSA) is 39.1 Å². The average Bonchev–Trinajstić information content (AvgIpc) is 2.86. The Kier molecular flexibility index (Phi) is 4.96. The van der Waals surface area contributed by atoms with Gasteiger partial charge in [-0.25, -0.2) is 4.39 Å². The Hall–Kier alpha value is -1.88. The van der Waals surface area contributed by atoms with Gasteiger partial charge in [0.25, 0.3) is 0 Å². The molecule has 1 heterocycles. The highest BCUT2D eigenvalue weighted by molar-refractivity contribution is 5.39. The zero-order valence-electron chi connectivity index (χ0n) is 13.0. The maximum absolute atomic E-state index is 14.6. The normalized spacial score (nSPS) is 12.4. The van der Waals surface area contributed by atoms with Crippen LogP contribution in [0.15, 0.2) is 24.4 Å². The second-order valence-electron chi connectivity index (χ2n) is 4.91. The molecule has 0 saturated heterocycles. The molecule has 0 aliphatic carbocycles. The molecule has 0 aliphatic heterocycles. The summed E-state index contributed by atoms with van der Waals surface area (Å²) >= 11 is 0. The van der Waals surface area contributed by atoms with Crippen molar-refractivity contribution in [3.8, 4) is 5.75 Å². The highest BCUT2D eigenvalue weighted by Crippen LogP contribution is 2.30. The highest BCUT2D eigenvalue weighted by Gasteiger charge is 2.23. The number of hydrogen-bond acceptors (Lipinski definition) is 3. The summed E-state index contributed by atoms with van der Waals surface area (Å²) in [6.07, 6.45) is 2.76. The van der Waals surface area contributed by atoms with Crippen molar-refractivity contribution < 1.29 is 9.13 Å². The molecule has 0 saturated carbocycles. The van der Waals surface area contributed by atoms with Crippen LogP contribution in [0.25, 0.3) is 0 Å². The Morgan fingerprint density at radius 2 is 2.10 bits per heavy atom. The number of halogens is 1. The van der Waals surface area contributed by atoms with Crippen LogP contribution in [0, 0.1) is 5.82 Å². The Labute approximate surface area is 124 Å². The Morgan fingerprint density at radius 1 is 1.33 bits per heavy atom. The van der Waals surface area contributed by atoms with E-state index in [-0.39, 0.29) is 17.6 Å². The van der Waals surface area contributed by atoms with Crippen LogP contribution in [0.4, 0.5) is 4.39 Å². The van der Waals surface area contributed by atoms with E-state index in [4.69, 9.17) is 4.74 Å². The maximum atomic E-state index is 14.6. The summed E-state index contributed by atoms with van der Waals surface area (Å²) in [6.45, 7) is 4.79. The summed E-state index contributed by atoms with van der Waals surface area (Å²) in [5.41, 5.74) is 2.57. The van der Waals surface area contributed by atoms with Gasteiger partial charge in [0.15, 0.2) is 11.6 Å². The summed E-state index contributed by atoms with van der Waals surface area (Å²) in [5.74, 6) is -0.0609. The van der Waals surface area contributed by atoms with Gasteiger partial charge in [-0.3, -0.25) is 4.68 Å².